The number of hydrogen-bond donors (Lipinski definition) is 3. The summed E-state index contributed by atoms with van der Waals surface area (Å²) in [5.41, 5.74) is 5.16. The monoisotopic (exact) mass is 220 g/mol. The molecule has 0 aromatic heterocycles. The van der Waals surface area contributed by atoms with E-state index in [1.807, 2.05) is 0 Å². The number of hydrogen-bond acceptors (Lipinski definition) is 3. The molecule has 0 amide bonds. The maximum absolute atomic E-state index is 12.1. The van der Waals surface area contributed by atoms with Gasteiger partial charge in [-0.1, -0.05) is 6.07 Å². The summed E-state index contributed by atoms with van der Waals surface area (Å²) in [6.07, 6.45) is -0.405. The molecule has 0 heterocycles. The first-order valence-corrected chi connectivity index (χ1v) is 4.27. The molecule has 1 rings (SSSR count). The molecule has 0 saturated heterocycles. The fourth-order valence-corrected chi connectivity index (χ4v) is 1.10. The Hall–Kier alpha value is -1.37. The van der Waals surface area contributed by atoms with Crippen LogP contribution in [-0.2, 0) is 6.42 Å². The molecule has 84 valence electrons. The summed E-state index contributed by atoms with van der Waals surface area (Å²) in [6.45, 7) is -5.08. The van der Waals surface area contributed by atoms with Crippen LogP contribution in [-0.4, -0.2) is 23.1 Å². The molecule has 0 spiro atoms. The van der Waals surface area contributed by atoms with Gasteiger partial charge in [-0.25, -0.2) is 0 Å². The predicted octanol–water partition coefficient (Wildman–Crippen LogP) is 1.35. The van der Waals surface area contributed by atoms with E-state index in [9.17, 15) is 12.9 Å². The molecule has 7 heteroatoms. The van der Waals surface area contributed by atoms with E-state index in [1.165, 1.54) is 6.07 Å². The molecule has 0 radical (unpaired) electrons. The van der Waals surface area contributed by atoms with Gasteiger partial charge in [-0.3, -0.25) is 0 Å². The van der Waals surface area contributed by atoms with E-state index in [-0.39, 0.29) is 11.3 Å². The Morgan fingerprint density at radius 1 is 1.20 bits per heavy atom. The number of rotatable bonds is 3. The highest BCUT2D eigenvalue weighted by Crippen LogP contribution is 2.26. The largest absolute Gasteiger partial charge is 0.504 e. The molecule has 0 aliphatic carbocycles. The zero-order chi connectivity index (χ0) is 11.6. The van der Waals surface area contributed by atoms with E-state index < -0.39 is 25.1 Å². The Labute approximate surface area is 84.4 Å². The van der Waals surface area contributed by atoms with E-state index in [0.717, 1.165) is 12.1 Å². The van der Waals surface area contributed by atoms with Crippen molar-refractivity contribution in [3.8, 4) is 11.5 Å². The quantitative estimate of drug-likeness (QED) is 0.532. The molecule has 1 atom stereocenters. The van der Waals surface area contributed by atoms with Gasteiger partial charge in [0.2, 0.25) is 0 Å². The molecule has 1 aromatic rings. The van der Waals surface area contributed by atoms with Gasteiger partial charge in [0.05, 0.1) is 0 Å². The Balaban J connectivity index is 2.78. The molecule has 0 aliphatic heterocycles. The number of halogens is 3. The van der Waals surface area contributed by atoms with Crippen LogP contribution in [0.25, 0.3) is 0 Å². The minimum Gasteiger partial charge on any atom is -0.504 e. The second-order valence-corrected chi connectivity index (χ2v) is 3.32. The standard InChI is InChI=1S/C8H10BF3NO2/c10-9(11,12)8(13)4-5-1-2-6(14)7(15)3-5/h1-3,8,14-15H,4,13H2/q-1. The highest BCUT2D eigenvalue weighted by molar-refractivity contribution is 6.60. The van der Waals surface area contributed by atoms with Crippen molar-refractivity contribution in [3.63, 3.8) is 0 Å². The fourth-order valence-electron chi connectivity index (χ4n) is 1.10. The van der Waals surface area contributed by atoms with E-state index >= 15 is 0 Å². The SMILES string of the molecule is NC(Cc1ccc(O)c(O)c1)[B-](F)(F)F. The summed E-state index contributed by atoms with van der Waals surface area (Å²) < 4.78 is 36.4. The highest BCUT2D eigenvalue weighted by atomic mass is 19.4. The molecule has 15 heavy (non-hydrogen) atoms. The van der Waals surface area contributed by atoms with Gasteiger partial charge in [0.1, 0.15) is 0 Å². The molecular formula is C8H10BF3NO2-. The lowest BCUT2D eigenvalue weighted by Crippen LogP contribution is -2.44. The van der Waals surface area contributed by atoms with Crippen LogP contribution >= 0.6 is 0 Å². The summed E-state index contributed by atoms with van der Waals surface area (Å²) in [4.78, 5) is 0. The first-order chi connectivity index (χ1) is 6.80. The van der Waals surface area contributed by atoms with E-state index in [1.54, 1.807) is 0 Å². The van der Waals surface area contributed by atoms with Crippen molar-refractivity contribution in [2.45, 2.75) is 12.4 Å². The van der Waals surface area contributed by atoms with Gasteiger partial charge in [0.25, 0.3) is 0 Å². The predicted molar refractivity (Wildman–Crippen MR) is 50.5 cm³/mol. The highest BCUT2D eigenvalue weighted by Gasteiger charge is 2.31. The van der Waals surface area contributed by atoms with Gasteiger partial charge in [-0.05, 0) is 30.1 Å². The molecule has 1 unspecified atom stereocenters. The zero-order valence-electron chi connectivity index (χ0n) is 7.70. The van der Waals surface area contributed by atoms with Crippen molar-refractivity contribution in [2.24, 2.45) is 5.73 Å². The van der Waals surface area contributed by atoms with E-state index in [0.29, 0.717) is 0 Å². The molecule has 3 nitrogen and oxygen atoms in total. The van der Waals surface area contributed by atoms with E-state index in [2.05, 4.69) is 0 Å². The normalized spacial score (nSPS) is 13.9. The first-order valence-electron chi connectivity index (χ1n) is 4.27. The average molecular weight is 220 g/mol. The average Bonchev–Trinajstić information content (AvgIpc) is 2.10. The maximum atomic E-state index is 12.1. The Morgan fingerprint density at radius 2 is 1.80 bits per heavy atom. The third-order valence-corrected chi connectivity index (χ3v) is 2.00. The van der Waals surface area contributed by atoms with Crippen molar-refractivity contribution in [3.05, 3.63) is 23.8 Å². The minimum absolute atomic E-state index is 0.233. The van der Waals surface area contributed by atoms with Crippen LogP contribution in [0.1, 0.15) is 5.56 Å². The molecule has 0 fully saturated rings. The van der Waals surface area contributed by atoms with Crippen molar-refractivity contribution in [1.29, 1.82) is 0 Å². The maximum Gasteiger partial charge on any atom is 0.494 e. The second-order valence-electron chi connectivity index (χ2n) is 3.32. The molecule has 1 aromatic carbocycles. The number of benzene rings is 1. The third kappa shape index (κ3) is 3.05. The summed E-state index contributed by atoms with van der Waals surface area (Å²) in [6, 6.07) is 3.48. The van der Waals surface area contributed by atoms with Crippen LogP contribution in [0, 0.1) is 0 Å². The summed E-state index contributed by atoms with van der Waals surface area (Å²) in [7, 11) is 0. The van der Waals surface area contributed by atoms with Crippen LogP contribution in [0.5, 0.6) is 11.5 Å². The second kappa shape index (κ2) is 4.02. The molecule has 0 saturated carbocycles. The summed E-state index contributed by atoms with van der Waals surface area (Å²) >= 11 is 0. The number of aromatic hydroxyl groups is 2. The smallest absolute Gasteiger partial charge is 0.494 e. The van der Waals surface area contributed by atoms with Gasteiger partial charge in [0.15, 0.2) is 11.5 Å². The zero-order valence-corrected chi connectivity index (χ0v) is 7.70. The number of phenols is 2. The van der Waals surface area contributed by atoms with Crippen molar-refractivity contribution < 1.29 is 23.2 Å². The Morgan fingerprint density at radius 3 is 2.27 bits per heavy atom. The van der Waals surface area contributed by atoms with Crippen molar-refractivity contribution in [1.82, 2.24) is 0 Å². The van der Waals surface area contributed by atoms with Crippen LogP contribution in [0.2, 0.25) is 0 Å². The van der Waals surface area contributed by atoms with Crippen LogP contribution < -0.4 is 5.73 Å². The molecule has 0 bridgehead atoms. The lowest BCUT2D eigenvalue weighted by Gasteiger charge is -2.22. The number of phenolic OH excluding ortho intramolecular Hbond substituents is 2. The Kier molecular flexibility index (Phi) is 3.14. The topological polar surface area (TPSA) is 66.5 Å². The van der Waals surface area contributed by atoms with Crippen molar-refractivity contribution >= 4 is 6.98 Å². The summed E-state index contributed by atoms with van der Waals surface area (Å²) in [5, 5.41) is 18.0. The third-order valence-electron chi connectivity index (χ3n) is 2.00. The van der Waals surface area contributed by atoms with Crippen LogP contribution in [0.15, 0.2) is 18.2 Å². The summed E-state index contributed by atoms with van der Waals surface area (Å²) in [5.74, 6) is -2.73. The van der Waals surface area contributed by atoms with Crippen LogP contribution in [0.4, 0.5) is 12.9 Å². The fraction of sp³-hybridized carbons (Fsp3) is 0.250. The van der Waals surface area contributed by atoms with Gasteiger partial charge in [-0.15, -0.1) is 0 Å². The van der Waals surface area contributed by atoms with Gasteiger partial charge < -0.3 is 28.9 Å². The minimum atomic E-state index is -5.08. The van der Waals surface area contributed by atoms with E-state index in [4.69, 9.17) is 15.9 Å². The van der Waals surface area contributed by atoms with Gasteiger partial charge in [0, 0.05) is 0 Å². The molecule has 4 N–H and O–H groups in total. The van der Waals surface area contributed by atoms with Crippen molar-refractivity contribution in [2.75, 3.05) is 0 Å². The Bertz CT molecular complexity index is 356. The number of nitrogens with two attached hydrogens (primary N) is 1. The molecule has 0 aliphatic rings. The lowest BCUT2D eigenvalue weighted by atomic mass is 9.76. The van der Waals surface area contributed by atoms with Gasteiger partial charge >= 0.3 is 6.98 Å². The lowest BCUT2D eigenvalue weighted by molar-refractivity contribution is 0.402. The first kappa shape index (κ1) is 11.7. The van der Waals surface area contributed by atoms with Crippen LogP contribution in [0.3, 0.4) is 0 Å². The molecular weight excluding hydrogens is 210 g/mol. The van der Waals surface area contributed by atoms with Gasteiger partial charge in [-0.2, -0.15) is 0 Å².